The highest BCUT2D eigenvalue weighted by molar-refractivity contribution is 4.99. The van der Waals surface area contributed by atoms with Crippen molar-refractivity contribution in [3.63, 3.8) is 0 Å². The molecule has 0 N–H and O–H groups in total. The van der Waals surface area contributed by atoms with Gasteiger partial charge >= 0.3 is 0 Å². The summed E-state index contributed by atoms with van der Waals surface area (Å²) in [4.78, 5) is 0. The quantitative estimate of drug-likeness (QED) is 0.499. The van der Waals surface area contributed by atoms with Crippen molar-refractivity contribution >= 4 is 0 Å². The standard InChI is InChI=1S/C5H10.C2N2/c1-3-5-4-2;3-1-2-4/h3,5H,4H2,1-2H3;. The monoisotopic (exact) mass is 122 g/mol. The Labute approximate surface area is 56.0 Å². The van der Waals surface area contributed by atoms with Crippen LogP contribution in [0.2, 0.25) is 0 Å². The SMILES string of the molecule is CC=CCC.N#CC#N. The highest BCUT2D eigenvalue weighted by Gasteiger charge is 1.52. The van der Waals surface area contributed by atoms with E-state index >= 15 is 0 Å². The van der Waals surface area contributed by atoms with Gasteiger partial charge in [-0.1, -0.05) is 19.1 Å². The van der Waals surface area contributed by atoms with Crippen molar-refractivity contribution in [1.82, 2.24) is 0 Å². The molecule has 48 valence electrons. The molecule has 0 spiro atoms. The van der Waals surface area contributed by atoms with Crippen molar-refractivity contribution in [2.45, 2.75) is 20.3 Å². The summed E-state index contributed by atoms with van der Waals surface area (Å²) in [6, 6.07) is 2.47. The van der Waals surface area contributed by atoms with Gasteiger partial charge in [0.05, 0.1) is 0 Å². The Morgan fingerprint density at radius 1 is 1.33 bits per heavy atom. The Kier molecular flexibility index (Phi) is 18.8. The van der Waals surface area contributed by atoms with Crippen molar-refractivity contribution in [2.24, 2.45) is 0 Å². The summed E-state index contributed by atoms with van der Waals surface area (Å²) in [5, 5.41) is 14.5. The first-order valence-electron chi connectivity index (χ1n) is 2.72. The molecule has 0 atom stereocenters. The summed E-state index contributed by atoms with van der Waals surface area (Å²) < 4.78 is 0. The lowest BCUT2D eigenvalue weighted by atomic mass is 10.4. The largest absolute Gasteiger partial charge is 0.181 e. The molecule has 0 radical (unpaired) electrons. The average Bonchev–Trinajstić information content (AvgIpc) is 1.91. The fourth-order valence-electron chi connectivity index (χ4n) is 0.236. The third kappa shape index (κ3) is 50.6. The molecule has 0 aromatic rings. The molecular weight excluding hydrogens is 112 g/mol. The lowest BCUT2D eigenvalue weighted by Gasteiger charge is -1.65. The maximum Gasteiger partial charge on any atom is 0.181 e. The molecule has 0 bridgehead atoms. The van der Waals surface area contributed by atoms with Crippen LogP contribution in [0.15, 0.2) is 12.2 Å². The van der Waals surface area contributed by atoms with Gasteiger partial charge in [0.15, 0.2) is 12.1 Å². The molecule has 0 aliphatic rings. The summed E-state index contributed by atoms with van der Waals surface area (Å²) in [5.41, 5.74) is 0. The van der Waals surface area contributed by atoms with Crippen LogP contribution >= 0.6 is 0 Å². The fourth-order valence-corrected chi connectivity index (χ4v) is 0.236. The number of nitriles is 2. The minimum atomic E-state index is 1.16. The van der Waals surface area contributed by atoms with Gasteiger partial charge in [0.1, 0.15) is 0 Å². The summed E-state index contributed by atoms with van der Waals surface area (Å²) >= 11 is 0. The molecule has 0 unspecified atom stereocenters. The summed E-state index contributed by atoms with van der Waals surface area (Å²) in [7, 11) is 0. The van der Waals surface area contributed by atoms with Crippen LogP contribution in [0.25, 0.3) is 0 Å². The molecule has 0 saturated carbocycles. The van der Waals surface area contributed by atoms with Gasteiger partial charge in [-0.05, 0) is 13.3 Å². The van der Waals surface area contributed by atoms with E-state index in [1.165, 1.54) is 12.1 Å². The predicted octanol–water partition coefficient (Wildman–Crippen LogP) is 2.01. The Balaban J connectivity index is 0. The topological polar surface area (TPSA) is 47.6 Å². The van der Waals surface area contributed by atoms with Gasteiger partial charge < -0.3 is 0 Å². The van der Waals surface area contributed by atoms with E-state index in [0.29, 0.717) is 0 Å². The van der Waals surface area contributed by atoms with E-state index in [1.807, 2.05) is 6.92 Å². The minimum Gasteiger partial charge on any atom is -0.181 e. The van der Waals surface area contributed by atoms with E-state index in [1.54, 1.807) is 0 Å². The van der Waals surface area contributed by atoms with E-state index in [0.717, 1.165) is 6.42 Å². The first-order valence-corrected chi connectivity index (χ1v) is 2.72. The van der Waals surface area contributed by atoms with Gasteiger partial charge in [-0.3, -0.25) is 0 Å². The third-order valence-electron chi connectivity index (χ3n) is 0.521. The molecule has 0 aromatic heterocycles. The molecule has 0 amide bonds. The van der Waals surface area contributed by atoms with Gasteiger partial charge in [-0.15, -0.1) is 0 Å². The highest BCUT2D eigenvalue weighted by Crippen LogP contribution is 1.73. The van der Waals surface area contributed by atoms with Gasteiger partial charge in [0.2, 0.25) is 0 Å². The van der Waals surface area contributed by atoms with E-state index in [4.69, 9.17) is 10.5 Å². The Hall–Kier alpha value is -1.28. The second-order valence-corrected chi connectivity index (χ2v) is 1.20. The van der Waals surface area contributed by atoms with Crippen LogP contribution in [-0.4, -0.2) is 0 Å². The van der Waals surface area contributed by atoms with Crippen LogP contribution in [0.3, 0.4) is 0 Å². The minimum absolute atomic E-state index is 1.16. The van der Waals surface area contributed by atoms with E-state index < -0.39 is 0 Å². The predicted molar refractivity (Wildman–Crippen MR) is 36.3 cm³/mol. The molecule has 0 heterocycles. The lowest BCUT2D eigenvalue weighted by molar-refractivity contribution is 1.22. The zero-order valence-electron chi connectivity index (χ0n) is 5.76. The zero-order valence-corrected chi connectivity index (χ0v) is 5.76. The number of hydrogen-bond donors (Lipinski definition) is 0. The van der Waals surface area contributed by atoms with Gasteiger partial charge in [0.25, 0.3) is 0 Å². The van der Waals surface area contributed by atoms with Crippen LogP contribution in [0.1, 0.15) is 20.3 Å². The molecule has 0 aliphatic carbocycles. The van der Waals surface area contributed by atoms with Crippen LogP contribution in [0.4, 0.5) is 0 Å². The molecule has 9 heavy (non-hydrogen) atoms. The number of nitrogens with zero attached hydrogens (tertiary/aromatic N) is 2. The van der Waals surface area contributed by atoms with Crippen LogP contribution in [-0.2, 0) is 0 Å². The lowest BCUT2D eigenvalue weighted by Crippen LogP contribution is -1.43. The molecule has 0 rings (SSSR count). The Morgan fingerprint density at radius 2 is 1.78 bits per heavy atom. The number of allylic oxidation sites excluding steroid dienone is 2. The van der Waals surface area contributed by atoms with Crippen molar-refractivity contribution in [3.05, 3.63) is 12.2 Å². The second kappa shape index (κ2) is 15.9. The molecular formula is C7H10N2. The Morgan fingerprint density at radius 3 is 1.78 bits per heavy atom. The average molecular weight is 122 g/mol. The molecule has 0 aliphatic heterocycles. The molecule has 0 saturated heterocycles. The fraction of sp³-hybridized carbons (Fsp3) is 0.429. The maximum atomic E-state index is 7.26. The Bertz CT molecular complexity index is 122. The zero-order chi connectivity index (χ0) is 7.54. The van der Waals surface area contributed by atoms with Crippen molar-refractivity contribution < 1.29 is 0 Å². The van der Waals surface area contributed by atoms with Gasteiger partial charge in [-0.2, -0.15) is 10.5 Å². The molecule has 0 fully saturated rings. The van der Waals surface area contributed by atoms with Crippen molar-refractivity contribution in [1.29, 1.82) is 10.5 Å². The van der Waals surface area contributed by atoms with Gasteiger partial charge in [0, 0.05) is 0 Å². The maximum absolute atomic E-state index is 7.26. The van der Waals surface area contributed by atoms with Crippen LogP contribution in [0.5, 0.6) is 0 Å². The normalized spacial score (nSPS) is 6.67. The summed E-state index contributed by atoms with van der Waals surface area (Å²) in [6.45, 7) is 4.16. The summed E-state index contributed by atoms with van der Waals surface area (Å²) in [5.74, 6) is 0. The second-order valence-electron chi connectivity index (χ2n) is 1.20. The molecule has 2 heteroatoms. The first kappa shape index (κ1) is 10.7. The van der Waals surface area contributed by atoms with Crippen LogP contribution in [0, 0.1) is 22.7 Å². The van der Waals surface area contributed by atoms with E-state index in [2.05, 4.69) is 19.1 Å². The smallest absolute Gasteiger partial charge is 0.181 e. The van der Waals surface area contributed by atoms with Crippen LogP contribution < -0.4 is 0 Å². The van der Waals surface area contributed by atoms with Crippen molar-refractivity contribution in [3.8, 4) is 12.1 Å². The van der Waals surface area contributed by atoms with Crippen molar-refractivity contribution in [2.75, 3.05) is 0 Å². The number of rotatable bonds is 1. The molecule has 2 nitrogen and oxygen atoms in total. The molecule has 0 aromatic carbocycles. The van der Waals surface area contributed by atoms with E-state index in [9.17, 15) is 0 Å². The van der Waals surface area contributed by atoms with E-state index in [-0.39, 0.29) is 0 Å². The highest BCUT2D eigenvalue weighted by atomic mass is 14.3. The first-order chi connectivity index (χ1) is 4.33. The summed E-state index contributed by atoms with van der Waals surface area (Å²) in [6.07, 6.45) is 5.34. The number of hydrogen-bond acceptors (Lipinski definition) is 2. The van der Waals surface area contributed by atoms with Gasteiger partial charge in [-0.25, -0.2) is 0 Å². The third-order valence-corrected chi connectivity index (χ3v) is 0.521.